The van der Waals surface area contributed by atoms with Gasteiger partial charge in [0.2, 0.25) is 0 Å². The summed E-state index contributed by atoms with van der Waals surface area (Å²) in [4.78, 5) is 26.0. The molecular formula is C16H22N2O2. The second-order valence-corrected chi connectivity index (χ2v) is 5.22. The van der Waals surface area contributed by atoms with Gasteiger partial charge in [0.15, 0.2) is 5.78 Å². The van der Waals surface area contributed by atoms with E-state index in [0.717, 1.165) is 24.8 Å². The first-order chi connectivity index (χ1) is 9.72. The third-order valence-electron chi connectivity index (χ3n) is 3.74. The number of nitrogens with one attached hydrogen (secondary N) is 1. The van der Waals surface area contributed by atoms with E-state index in [1.54, 1.807) is 0 Å². The Morgan fingerprint density at radius 1 is 1.20 bits per heavy atom. The summed E-state index contributed by atoms with van der Waals surface area (Å²) >= 11 is 0. The van der Waals surface area contributed by atoms with Crippen molar-refractivity contribution >= 4 is 11.8 Å². The molecule has 0 unspecified atom stereocenters. The van der Waals surface area contributed by atoms with Crippen LogP contribution in [0.25, 0.3) is 0 Å². The lowest BCUT2D eigenvalue weighted by atomic mass is 9.89. The number of carbonyl (C=O) groups excluding carboxylic acids is 2. The fourth-order valence-electron chi connectivity index (χ4n) is 2.53. The zero-order chi connectivity index (χ0) is 14.4. The van der Waals surface area contributed by atoms with Crippen LogP contribution in [0.4, 0.5) is 4.79 Å². The van der Waals surface area contributed by atoms with E-state index in [-0.39, 0.29) is 17.7 Å². The Bertz CT molecular complexity index is 451. The summed E-state index contributed by atoms with van der Waals surface area (Å²) in [5, 5.41) is 2.88. The van der Waals surface area contributed by atoms with Crippen LogP contribution in [-0.4, -0.2) is 36.3 Å². The molecule has 20 heavy (non-hydrogen) atoms. The van der Waals surface area contributed by atoms with Gasteiger partial charge in [0.05, 0.1) is 0 Å². The zero-order valence-corrected chi connectivity index (χ0v) is 12.0. The Kier molecular flexibility index (Phi) is 5.16. The Morgan fingerprint density at radius 2 is 1.85 bits per heavy atom. The summed E-state index contributed by atoms with van der Waals surface area (Å²) in [6, 6.07) is 9.42. The van der Waals surface area contributed by atoms with Gasteiger partial charge in [-0.3, -0.25) is 4.79 Å². The number of likely N-dealkylation sites (tertiary alicyclic amines) is 1. The Hall–Kier alpha value is -1.84. The van der Waals surface area contributed by atoms with E-state index in [9.17, 15) is 9.59 Å². The molecule has 1 aliphatic rings. The van der Waals surface area contributed by atoms with E-state index in [1.807, 2.05) is 42.2 Å². The Balaban J connectivity index is 1.85. The molecule has 0 saturated carbocycles. The predicted molar refractivity (Wildman–Crippen MR) is 78.8 cm³/mol. The molecule has 0 bridgehead atoms. The maximum atomic E-state index is 12.3. The maximum Gasteiger partial charge on any atom is 0.317 e. The highest BCUT2D eigenvalue weighted by Crippen LogP contribution is 2.21. The largest absolute Gasteiger partial charge is 0.338 e. The van der Waals surface area contributed by atoms with Crippen LogP contribution in [0.1, 0.15) is 36.5 Å². The fraction of sp³-hybridized carbons (Fsp3) is 0.500. The number of rotatable bonds is 4. The van der Waals surface area contributed by atoms with Crippen molar-refractivity contribution in [3.63, 3.8) is 0 Å². The number of urea groups is 1. The predicted octanol–water partition coefficient (Wildman–Crippen LogP) is 2.70. The molecule has 2 rings (SSSR count). The molecular weight excluding hydrogens is 252 g/mol. The van der Waals surface area contributed by atoms with Gasteiger partial charge in [-0.1, -0.05) is 37.3 Å². The van der Waals surface area contributed by atoms with Crippen LogP contribution >= 0.6 is 0 Å². The van der Waals surface area contributed by atoms with E-state index in [4.69, 9.17) is 0 Å². The quantitative estimate of drug-likeness (QED) is 0.858. The molecule has 108 valence electrons. The van der Waals surface area contributed by atoms with Gasteiger partial charge in [0, 0.05) is 31.1 Å². The minimum Gasteiger partial charge on any atom is -0.338 e. The van der Waals surface area contributed by atoms with Crippen molar-refractivity contribution in [3.05, 3.63) is 35.9 Å². The molecule has 0 aromatic heterocycles. The van der Waals surface area contributed by atoms with Crippen LogP contribution in [0.2, 0.25) is 0 Å². The van der Waals surface area contributed by atoms with Crippen LogP contribution in [0.5, 0.6) is 0 Å². The van der Waals surface area contributed by atoms with Crippen LogP contribution < -0.4 is 5.32 Å². The summed E-state index contributed by atoms with van der Waals surface area (Å²) in [5.41, 5.74) is 0.779. The molecule has 0 atom stereocenters. The van der Waals surface area contributed by atoms with Gasteiger partial charge in [-0.25, -0.2) is 4.79 Å². The number of hydrogen-bond donors (Lipinski definition) is 1. The summed E-state index contributed by atoms with van der Waals surface area (Å²) in [7, 11) is 0. The van der Waals surface area contributed by atoms with E-state index in [0.29, 0.717) is 19.6 Å². The number of nitrogens with zero attached hydrogens (tertiary/aromatic N) is 1. The van der Waals surface area contributed by atoms with Crippen molar-refractivity contribution in [2.45, 2.75) is 26.2 Å². The first-order valence-electron chi connectivity index (χ1n) is 7.34. The molecule has 1 saturated heterocycles. The van der Waals surface area contributed by atoms with Gasteiger partial charge in [-0.15, -0.1) is 0 Å². The van der Waals surface area contributed by atoms with Crippen molar-refractivity contribution in [2.24, 2.45) is 5.92 Å². The summed E-state index contributed by atoms with van der Waals surface area (Å²) in [6.45, 7) is 4.07. The van der Waals surface area contributed by atoms with Gasteiger partial charge in [0.1, 0.15) is 0 Å². The standard InChI is InChI=1S/C16H22N2O2/c1-2-10-17-16(20)18-11-8-14(9-12-18)15(19)13-6-4-3-5-7-13/h3-7,14H,2,8-12H2,1H3,(H,17,20). The number of carbonyl (C=O) groups is 2. The van der Waals surface area contributed by atoms with Crippen molar-refractivity contribution in [1.29, 1.82) is 0 Å². The normalized spacial score (nSPS) is 15.9. The molecule has 2 amide bonds. The fourth-order valence-corrected chi connectivity index (χ4v) is 2.53. The Morgan fingerprint density at radius 3 is 2.45 bits per heavy atom. The first kappa shape index (κ1) is 14.6. The van der Waals surface area contributed by atoms with Crippen LogP contribution in [0.3, 0.4) is 0 Å². The van der Waals surface area contributed by atoms with E-state index in [2.05, 4.69) is 5.32 Å². The Labute approximate surface area is 120 Å². The minimum atomic E-state index is -0.00235. The van der Waals surface area contributed by atoms with Crippen LogP contribution in [0, 0.1) is 5.92 Å². The number of benzene rings is 1. The zero-order valence-electron chi connectivity index (χ0n) is 12.0. The number of amides is 2. The van der Waals surface area contributed by atoms with Gasteiger partial charge < -0.3 is 10.2 Å². The number of ketones is 1. The lowest BCUT2D eigenvalue weighted by Crippen LogP contribution is -2.45. The van der Waals surface area contributed by atoms with E-state index < -0.39 is 0 Å². The van der Waals surface area contributed by atoms with Crippen molar-refractivity contribution in [2.75, 3.05) is 19.6 Å². The lowest BCUT2D eigenvalue weighted by molar-refractivity contribution is 0.0854. The molecule has 0 spiro atoms. The second-order valence-electron chi connectivity index (χ2n) is 5.22. The number of piperidine rings is 1. The first-order valence-corrected chi connectivity index (χ1v) is 7.34. The van der Waals surface area contributed by atoms with Crippen LogP contribution in [-0.2, 0) is 0 Å². The molecule has 1 heterocycles. The number of Topliss-reactive ketones (excluding diaryl/α,β-unsaturated/α-hetero) is 1. The van der Waals surface area contributed by atoms with E-state index >= 15 is 0 Å². The third-order valence-corrected chi connectivity index (χ3v) is 3.74. The summed E-state index contributed by atoms with van der Waals surface area (Å²) < 4.78 is 0. The topological polar surface area (TPSA) is 49.4 Å². The van der Waals surface area contributed by atoms with Gasteiger partial charge in [0.25, 0.3) is 0 Å². The number of hydrogen-bond acceptors (Lipinski definition) is 2. The van der Waals surface area contributed by atoms with Crippen molar-refractivity contribution in [1.82, 2.24) is 10.2 Å². The molecule has 1 N–H and O–H groups in total. The monoisotopic (exact) mass is 274 g/mol. The average Bonchev–Trinajstić information content (AvgIpc) is 2.53. The van der Waals surface area contributed by atoms with Crippen LogP contribution in [0.15, 0.2) is 30.3 Å². The highest BCUT2D eigenvalue weighted by atomic mass is 16.2. The minimum absolute atomic E-state index is 0.00235. The van der Waals surface area contributed by atoms with Crippen molar-refractivity contribution < 1.29 is 9.59 Å². The maximum absolute atomic E-state index is 12.3. The van der Waals surface area contributed by atoms with Gasteiger partial charge in [-0.05, 0) is 19.3 Å². The summed E-state index contributed by atoms with van der Waals surface area (Å²) in [6.07, 6.45) is 2.45. The van der Waals surface area contributed by atoms with Crippen molar-refractivity contribution in [3.8, 4) is 0 Å². The smallest absolute Gasteiger partial charge is 0.317 e. The molecule has 4 heteroatoms. The van der Waals surface area contributed by atoms with Gasteiger partial charge in [-0.2, -0.15) is 0 Å². The second kappa shape index (κ2) is 7.08. The summed E-state index contributed by atoms with van der Waals surface area (Å²) in [5.74, 6) is 0.256. The molecule has 0 radical (unpaired) electrons. The van der Waals surface area contributed by atoms with E-state index in [1.165, 1.54) is 0 Å². The van der Waals surface area contributed by atoms with Gasteiger partial charge >= 0.3 is 6.03 Å². The molecule has 1 aromatic rings. The molecule has 1 aromatic carbocycles. The molecule has 4 nitrogen and oxygen atoms in total. The average molecular weight is 274 g/mol. The highest BCUT2D eigenvalue weighted by molar-refractivity contribution is 5.97. The molecule has 1 fully saturated rings. The highest BCUT2D eigenvalue weighted by Gasteiger charge is 2.27. The third kappa shape index (κ3) is 3.59. The molecule has 1 aliphatic heterocycles. The molecule has 0 aliphatic carbocycles. The SMILES string of the molecule is CCCNC(=O)N1CCC(C(=O)c2ccccc2)CC1. The lowest BCUT2D eigenvalue weighted by Gasteiger charge is -2.31.